The molecule has 0 spiro atoms. The average Bonchev–Trinajstić information content (AvgIpc) is 3.23. The van der Waals surface area contributed by atoms with Gasteiger partial charge < -0.3 is 4.74 Å². The minimum absolute atomic E-state index is 0.0931. The van der Waals surface area contributed by atoms with Crippen molar-refractivity contribution in [1.82, 2.24) is 0 Å². The zero-order chi connectivity index (χ0) is 15.9. The Labute approximate surface area is 124 Å². The Bertz CT molecular complexity index is 610. The number of alkyl halides is 3. The van der Waals surface area contributed by atoms with E-state index in [-0.39, 0.29) is 24.1 Å². The van der Waals surface area contributed by atoms with Crippen molar-refractivity contribution in [3.63, 3.8) is 0 Å². The van der Waals surface area contributed by atoms with E-state index in [0.29, 0.717) is 19.3 Å². The first-order valence-electron chi connectivity index (χ1n) is 7.05. The number of amides is 1. The second kappa shape index (κ2) is 5.30. The lowest BCUT2D eigenvalue weighted by Crippen LogP contribution is -2.44. The van der Waals surface area contributed by atoms with E-state index in [2.05, 4.69) is 0 Å². The van der Waals surface area contributed by atoms with Crippen molar-refractivity contribution in [3.8, 4) is 0 Å². The van der Waals surface area contributed by atoms with E-state index >= 15 is 0 Å². The van der Waals surface area contributed by atoms with E-state index in [0.717, 1.165) is 12.1 Å². The number of rotatable bonds is 3. The van der Waals surface area contributed by atoms with Gasteiger partial charge in [0.15, 0.2) is 0 Å². The quantitative estimate of drug-likeness (QED) is 0.806. The lowest BCUT2D eigenvalue weighted by atomic mass is 10.1. The standard InChI is InChI=1S/C15H14F3NO3/c16-15(17,18)10-2-1-3-11(8-10)19(13(20)9-4-5-9)12-6-7-22-14(12)21/h1-3,8-9,12H,4-7H2. The second-order valence-corrected chi connectivity index (χ2v) is 5.50. The molecule has 0 N–H and O–H groups in total. The Morgan fingerprint density at radius 2 is 1.95 bits per heavy atom. The number of benzene rings is 1. The predicted molar refractivity (Wildman–Crippen MR) is 71.0 cm³/mol. The number of ether oxygens (including phenoxy) is 1. The Kier molecular flexibility index (Phi) is 3.58. The Balaban J connectivity index is 1.98. The zero-order valence-corrected chi connectivity index (χ0v) is 11.6. The highest BCUT2D eigenvalue weighted by atomic mass is 19.4. The number of cyclic esters (lactones) is 1. The van der Waals surface area contributed by atoms with Crippen LogP contribution in [0.25, 0.3) is 0 Å². The molecule has 1 aliphatic carbocycles. The lowest BCUT2D eigenvalue weighted by Gasteiger charge is -2.27. The number of nitrogens with zero attached hydrogens (tertiary/aromatic N) is 1. The molecule has 3 rings (SSSR count). The molecule has 1 saturated carbocycles. The van der Waals surface area contributed by atoms with Gasteiger partial charge in [0.1, 0.15) is 6.04 Å². The molecule has 118 valence electrons. The van der Waals surface area contributed by atoms with E-state index in [9.17, 15) is 22.8 Å². The molecular weight excluding hydrogens is 299 g/mol. The largest absolute Gasteiger partial charge is 0.464 e. The van der Waals surface area contributed by atoms with Gasteiger partial charge in [-0.1, -0.05) is 6.07 Å². The first kappa shape index (κ1) is 14.9. The third kappa shape index (κ3) is 2.80. The molecule has 1 heterocycles. The zero-order valence-electron chi connectivity index (χ0n) is 11.6. The summed E-state index contributed by atoms with van der Waals surface area (Å²) in [4.78, 5) is 25.4. The summed E-state index contributed by atoms with van der Waals surface area (Å²) in [6.45, 7) is 0.177. The van der Waals surface area contributed by atoms with Crippen LogP contribution in [0.15, 0.2) is 24.3 Å². The van der Waals surface area contributed by atoms with Crippen molar-refractivity contribution in [3.05, 3.63) is 29.8 Å². The van der Waals surface area contributed by atoms with Crippen LogP contribution in [0.5, 0.6) is 0 Å². The highest BCUT2D eigenvalue weighted by Crippen LogP contribution is 2.37. The third-order valence-corrected chi connectivity index (χ3v) is 3.84. The van der Waals surface area contributed by atoms with Crippen molar-refractivity contribution in [2.45, 2.75) is 31.5 Å². The van der Waals surface area contributed by atoms with Gasteiger partial charge in [0.05, 0.1) is 12.2 Å². The number of hydrogen-bond donors (Lipinski definition) is 0. The van der Waals surface area contributed by atoms with Gasteiger partial charge >= 0.3 is 12.1 Å². The molecule has 2 fully saturated rings. The lowest BCUT2D eigenvalue weighted by molar-refractivity contribution is -0.140. The molecule has 0 bridgehead atoms. The van der Waals surface area contributed by atoms with Crippen LogP contribution in [0.3, 0.4) is 0 Å². The number of carbonyl (C=O) groups is 2. The first-order chi connectivity index (χ1) is 10.4. The number of anilines is 1. The number of carbonyl (C=O) groups excluding carboxylic acids is 2. The molecule has 1 atom stereocenters. The number of hydrogen-bond acceptors (Lipinski definition) is 3. The average molecular weight is 313 g/mol. The molecule has 1 aliphatic heterocycles. The summed E-state index contributed by atoms with van der Waals surface area (Å²) in [7, 11) is 0. The molecule has 1 saturated heterocycles. The molecular formula is C15H14F3NO3. The molecule has 0 radical (unpaired) electrons. The minimum Gasteiger partial charge on any atom is -0.464 e. The fraction of sp³-hybridized carbons (Fsp3) is 0.467. The second-order valence-electron chi connectivity index (χ2n) is 5.50. The first-order valence-corrected chi connectivity index (χ1v) is 7.05. The Hall–Kier alpha value is -2.05. The summed E-state index contributed by atoms with van der Waals surface area (Å²) in [6.07, 6.45) is -2.79. The van der Waals surface area contributed by atoms with Crippen LogP contribution < -0.4 is 4.90 Å². The van der Waals surface area contributed by atoms with Crippen LogP contribution in [0.1, 0.15) is 24.8 Å². The van der Waals surface area contributed by atoms with Gasteiger partial charge in [-0.2, -0.15) is 13.2 Å². The van der Waals surface area contributed by atoms with Gasteiger partial charge in [-0.25, -0.2) is 4.79 Å². The maximum atomic E-state index is 12.9. The van der Waals surface area contributed by atoms with Crippen molar-refractivity contribution in [2.75, 3.05) is 11.5 Å². The molecule has 0 aromatic heterocycles. The SMILES string of the molecule is O=C1OCCC1N(C(=O)C1CC1)c1cccc(C(F)(F)F)c1. The summed E-state index contributed by atoms with van der Waals surface area (Å²) < 4.78 is 43.4. The van der Waals surface area contributed by atoms with Gasteiger partial charge in [0, 0.05) is 18.0 Å². The molecule has 2 aliphatic rings. The van der Waals surface area contributed by atoms with Gasteiger partial charge in [-0.05, 0) is 31.0 Å². The van der Waals surface area contributed by atoms with Gasteiger partial charge in [-0.3, -0.25) is 9.69 Å². The van der Waals surface area contributed by atoms with E-state index in [1.54, 1.807) is 0 Å². The molecule has 4 nitrogen and oxygen atoms in total. The van der Waals surface area contributed by atoms with E-state index < -0.39 is 23.8 Å². The van der Waals surface area contributed by atoms with E-state index in [1.807, 2.05) is 0 Å². The highest BCUT2D eigenvalue weighted by molar-refractivity contribution is 6.02. The van der Waals surface area contributed by atoms with Crippen molar-refractivity contribution in [2.24, 2.45) is 5.92 Å². The van der Waals surface area contributed by atoms with Crippen molar-refractivity contribution < 1.29 is 27.5 Å². The summed E-state index contributed by atoms with van der Waals surface area (Å²) >= 11 is 0. The fourth-order valence-electron chi connectivity index (χ4n) is 2.54. The molecule has 1 aromatic rings. The monoisotopic (exact) mass is 313 g/mol. The van der Waals surface area contributed by atoms with E-state index in [4.69, 9.17) is 4.74 Å². The van der Waals surface area contributed by atoms with Gasteiger partial charge in [-0.15, -0.1) is 0 Å². The van der Waals surface area contributed by atoms with Crippen molar-refractivity contribution in [1.29, 1.82) is 0 Å². The van der Waals surface area contributed by atoms with Gasteiger partial charge in [0.2, 0.25) is 5.91 Å². The number of halogens is 3. The predicted octanol–water partition coefficient (Wildman–Crippen LogP) is 2.76. The molecule has 1 amide bonds. The van der Waals surface area contributed by atoms with Crippen LogP contribution in [0.4, 0.5) is 18.9 Å². The Morgan fingerprint density at radius 1 is 1.23 bits per heavy atom. The fourth-order valence-corrected chi connectivity index (χ4v) is 2.54. The van der Waals surface area contributed by atoms with Crippen molar-refractivity contribution >= 4 is 17.6 Å². The normalized spacial score (nSPS) is 21.6. The highest BCUT2D eigenvalue weighted by Gasteiger charge is 2.42. The van der Waals surface area contributed by atoms with Crippen LogP contribution >= 0.6 is 0 Å². The van der Waals surface area contributed by atoms with Crippen LogP contribution in [-0.4, -0.2) is 24.5 Å². The summed E-state index contributed by atoms with van der Waals surface area (Å²) in [5.41, 5.74) is -0.750. The summed E-state index contributed by atoms with van der Waals surface area (Å²) in [5, 5.41) is 0. The minimum atomic E-state index is -4.50. The topological polar surface area (TPSA) is 46.6 Å². The number of esters is 1. The summed E-state index contributed by atoms with van der Waals surface area (Å²) in [6, 6.07) is 3.67. The molecule has 7 heteroatoms. The summed E-state index contributed by atoms with van der Waals surface area (Å²) in [5.74, 6) is -1.07. The molecule has 1 aromatic carbocycles. The Morgan fingerprint density at radius 3 is 2.50 bits per heavy atom. The van der Waals surface area contributed by atoms with Crippen LogP contribution in [0.2, 0.25) is 0 Å². The van der Waals surface area contributed by atoms with Crippen LogP contribution in [-0.2, 0) is 20.5 Å². The van der Waals surface area contributed by atoms with Crippen LogP contribution in [0, 0.1) is 5.92 Å². The smallest absolute Gasteiger partial charge is 0.416 e. The maximum absolute atomic E-state index is 12.9. The third-order valence-electron chi connectivity index (χ3n) is 3.84. The molecule has 22 heavy (non-hydrogen) atoms. The van der Waals surface area contributed by atoms with Gasteiger partial charge in [0.25, 0.3) is 0 Å². The van der Waals surface area contributed by atoms with E-state index in [1.165, 1.54) is 17.0 Å². The molecule has 1 unspecified atom stereocenters. The maximum Gasteiger partial charge on any atom is 0.416 e.